The molecule has 14 aromatic rings. The van der Waals surface area contributed by atoms with Crippen molar-refractivity contribution in [2.45, 2.75) is 0 Å². The summed E-state index contributed by atoms with van der Waals surface area (Å²) in [4.78, 5) is 16.4. The van der Waals surface area contributed by atoms with Crippen LogP contribution in [0.25, 0.3) is 127 Å². The van der Waals surface area contributed by atoms with Gasteiger partial charge in [0.25, 0.3) is 0 Å². The fourth-order valence-electron chi connectivity index (χ4n) is 10.2. The largest absolute Gasteiger partial charge is 0.308 e. The Hall–Kier alpha value is -8.61. The van der Waals surface area contributed by atoms with Crippen LogP contribution >= 0.6 is 0 Å². The highest BCUT2D eigenvalue weighted by Gasteiger charge is 2.23. The molecule has 0 radical (unpaired) electrons. The smallest absolute Gasteiger partial charge is 0.240 e. The van der Waals surface area contributed by atoms with Crippen molar-refractivity contribution in [1.82, 2.24) is 28.5 Å². The first-order valence-electron chi connectivity index (χ1n) is 21.4. The first kappa shape index (κ1) is 34.1. The Morgan fingerprint density at radius 2 is 0.683 bits per heavy atom. The molecular weight excluding hydrogens is 769 g/mol. The fourth-order valence-corrected chi connectivity index (χ4v) is 10.2. The molecule has 0 saturated heterocycles. The number of hydrogen-bond donors (Lipinski definition) is 0. The van der Waals surface area contributed by atoms with E-state index in [-0.39, 0.29) is 0 Å². The molecule has 63 heavy (non-hydrogen) atoms. The van der Waals surface area contributed by atoms with Crippen molar-refractivity contribution in [3.63, 3.8) is 0 Å². The maximum absolute atomic E-state index is 5.47. The summed E-state index contributed by atoms with van der Waals surface area (Å²) in [7, 11) is 0. The molecule has 0 saturated carbocycles. The molecule has 0 aliphatic rings. The van der Waals surface area contributed by atoms with Crippen molar-refractivity contribution in [2.75, 3.05) is 0 Å². The molecule has 0 atom stereocenters. The molecule has 0 spiro atoms. The Morgan fingerprint density at radius 3 is 1.24 bits per heavy atom. The predicted octanol–water partition coefficient (Wildman–Crippen LogP) is 14.2. The van der Waals surface area contributed by atoms with E-state index in [1.807, 2.05) is 0 Å². The van der Waals surface area contributed by atoms with Crippen molar-refractivity contribution in [3.05, 3.63) is 206 Å². The van der Waals surface area contributed by atoms with Gasteiger partial charge in [-0.05, 0) is 70.8 Å². The molecule has 5 heterocycles. The van der Waals surface area contributed by atoms with Gasteiger partial charge in [0, 0.05) is 48.7 Å². The molecular formula is C57H34N6. The maximum atomic E-state index is 5.47. The van der Waals surface area contributed by atoms with Gasteiger partial charge in [-0.1, -0.05) is 158 Å². The Morgan fingerprint density at radius 1 is 0.254 bits per heavy atom. The van der Waals surface area contributed by atoms with Crippen LogP contribution in [0.5, 0.6) is 0 Å². The van der Waals surface area contributed by atoms with Gasteiger partial charge in [0.15, 0.2) is 5.82 Å². The van der Waals surface area contributed by atoms with Crippen molar-refractivity contribution in [1.29, 1.82) is 0 Å². The average Bonchev–Trinajstić information content (AvgIpc) is 4.08. The second-order valence-corrected chi connectivity index (χ2v) is 16.4. The number of nitrogens with zero attached hydrogens (tertiary/aromatic N) is 6. The number of aromatic nitrogens is 6. The third kappa shape index (κ3) is 4.91. The molecule has 0 aliphatic heterocycles. The minimum Gasteiger partial charge on any atom is -0.308 e. The van der Waals surface area contributed by atoms with Gasteiger partial charge in [0.05, 0.1) is 38.6 Å². The van der Waals surface area contributed by atoms with Gasteiger partial charge >= 0.3 is 0 Å². The van der Waals surface area contributed by atoms with Crippen LogP contribution in [0.1, 0.15) is 0 Å². The summed E-state index contributed by atoms with van der Waals surface area (Å²) in [5.41, 5.74) is 13.2. The molecule has 0 aliphatic carbocycles. The predicted molar refractivity (Wildman–Crippen MR) is 259 cm³/mol. The number of rotatable bonds is 5. The Labute approximate surface area is 360 Å². The third-order valence-electron chi connectivity index (χ3n) is 13.1. The molecule has 292 valence electrons. The monoisotopic (exact) mass is 802 g/mol. The van der Waals surface area contributed by atoms with Crippen molar-refractivity contribution in [2.24, 2.45) is 0 Å². The van der Waals surface area contributed by atoms with E-state index in [1.54, 1.807) is 0 Å². The Bertz CT molecular complexity index is 3960. The van der Waals surface area contributed by atoms with E-state index in [4.69, 9.17) is 15.0 Å². The molecule has 9 aromatic carbocycles. The van der Waals surface area contributed by atoms with Gasteiger partial charge < -0.3 is 4.40 Å². The van der Waals surface area contributed by atoms with E-state index in [2.05, 4.69) is 220 Å². The van der Waals surface area contributed by atoms with Crippen LogP contribution in [-0.4, -0.2) is 28.5 Å². The summed E-state index contributed by atoms with van der Waals surface area (Å²) in [6.45, 7) is 0. The molecule has 0 fully saturated rings. The van der Waals surface area contributed by atoms with Crippen LogP contribution in [-0.2, 0) is 0 Å². The van der Waals surface area contributed by atoms with Gasteiger partial charge in [-0.2, -0.15) is 15.0 Å². The summed E-state index contributed by atoms with van der Waals surface area (Å²) in [5, 5.41) is 9.50. The minimum absolute atomic E-state index is 0.554. The van der Waals surface area contributed by atoms with Crippen LogP contribution < -0.4 is 0 Å². The van der Waals surface area contributed by atoms with E-state index in [1.165, 1.54) is 43.7 Å². The van der Waals surface area contributed by atoms with Crippen LogP contribution in [0.15, 0.2) is 206 Å². The molecule has 6 heteroatoms. The standard InChI is InChI=1S/C57H34N6/c1-3-14-35(15-4-1)37-27-30-51-46(32-37)41-19-8-11-24-49(41)62(51)56-58-55(39-26-29-43-45-22-13-21-44-40-18-7-10-23-48(40)61(54(44)45)53(43)34-39)59-57(60-56)63-50-25-12-9-20-42(50)47-33-38(28-31-52(47)63)36-16-5-2-6-17-36/h1-34H. The third-order valence-corrected chi connectivity index (χ3v) is 13.1. The zero-order chi connectivity index (χ0) is 41.2. The Kier molecular flexibility index (Phi) is 7.02. The van der Waals surface area contributed by atoms with E-state index >= 15 is 0 Å². The van der Waals surface area contributed by atoms with Gasteiger partial charge in [-0.25, -0.2) is 0 Å². The number of benzene rings is 9. The summed E-state index contributed by atoms with van der Waals surface area (Å²) >= 11 is 0. The summed E-state index contributed by atoms with van der Waals surface area (Å²) < 4.78 is 6.83. The first-order valence-corrected chi connectivity index (χ1v) is 21.4. The van der Waals surface area contributed by atoms with Crippen LogP contribution in [0, 0.1) is 0 Å². The van der Waals surface area contributed by atoms with Gasteiger partial charge in [-0.3, -0.25) is 9.13 Å². The summed E-state index contributed by atoms with van der Waals surface area (Å²) in [6, 6.07) is 73.7. The highest BCUT2D eigenvalue weighted by atomic mass is 15.3. The lowest BCUT2D eigenvalue weighted by Crippen LogP contribution is -2.10. The fraction of sp³-hybridized carbons (Fsp3) is 0. The molecule has 14 rings (SSSR count). The van der Waals surface area contributed by atoms with Crippen molar-refractivity contribution < 1.29 is 0 Å². The highest BCUT2D eigenvalue weighted by molar-refractivity contribution is 6.23. The highest BCUT2D eigenvalue weighted by Crippen LogP contribution is 2.41. The second-order valence-electron chi connectivity index (χ2n) is 16.4. The second kappa shape index (κ2) is 12.9. The summed E-state index contributed by atoms with van der Waals surface area (Å²) in [6.07, 6.45) is 0. The van der Waals surface area contributed by atoms with E-state index in [0.29, 0.717) is 17.7 Å². The number of para-hydroxylation sites is 4. The molecule has 0 unspecified atom stereocenters. The first-order chi connectivity index (χ1) is 31.2. The topological polar surface area (TPSA) is 52.9 Å². The summed E-state index contributed by atoms with van der Waals surface area (Å²) in [5.74, 6) is 1.70. The molecule has 6 nitrogen and oxygen atoms in total. The number of hydrogen-bond acceptors (Lipinski definition) is 3. The van der Waals surface area contributed by atoms with Crippen LogP contribution in [0.3, 0.4) is 0 Å². The lowest BCUT2D eigenvalue weighted by atomic mass is 10.0. The average molecular weight is 803 g/mol. The van der Waals surface area contributed by atoms with Crippen molar-refractivity contribution in [3.8, 4) is 45.5 Å². The van der Waals surface area contributed by atoms with Crippen LogP contribution in [0.4, 0.5) is 0 Å². The molecule has 5 aromatic heterocycles. The molecule has 0 bridgehead atoms. The molecule has 0 N–H and O–H groups in total. The van der Waals surface area contributed by atoms with E-state index in [0.717, 1.165) is 65.8 Å². The SMILES string of the molecule is c1ccc(-c2ccc3c(c2)c2ccccc2n3-c2nc(-c3ccc4c5cccc6c7ccccc7n(c4c3)c65)nc(-n3c4ccccc4c4cc(-c5ccccc5)ccc43)n2)cc1. The normalized spacial score (nSPS) is 12.1. The number of fused-ring (bicyclic) bond motifs is 12. The van der Waals surface area contributed by atoms with Crippen LogP contribution in [0.2, 0.25) is 0 Å². The van der Waals surface area contributed by atoms with E-state index < -0.39 is 0 Å². The zero-order valence-electron chi connectivity index (χ0n) is 33.8. The van der Waals surface area contributed by atoms with Gasteiger partial charge in [0.1, 0.15) is 0 Å². The minimum atomic E-state index is 0.554. The Balaban J connectivity index is 1.06. The van der Waals surface area contributed by atoms with E-state index in [9.17, 15) is 0 Å². The van der Waals surface area contributed by atoms with Gasteiger partial charge in [0.2, 0.25) is 11.9 Å². The zero-order valence-corrected chi connectivity index (χ0v) is 33.8. The maximum Gasteiger partial charge on any atom is 0.240 e. The molecule has 0 amide bonds. The van der Waals surface area contributed by atoms with Crippen molar-refractivity contribution >= 4 is 81.7 Å². The lowest BCUT2D eigenvalue weighted by Gasteiger charge is -2.13. The lowest BCUT2D eigenvalue weighted by molar-refractivity contribution is 0.893. The van der Waals surface area contributed by atoms with Gasteiger partial charge in [-0.15, -0.1) is 0 Å². The quantitative estimate of drug-likeness (QED) is 0.174.